The molecule has 1 aromatic rings. The van der Waals surface area contributed by atoms with Gasteiger partial charge in [-0.05, 0) is 49.3 Å². The third-order valence-electron chi connectivity index (χ3n) is 4.72. The molecule has 0 aromatic heterocycles. The van der Waals surface area contributed by atoms with Crippen molar-refractivity contribution in [2.45, 2.75) is 58.9 Å². The fourth-order valence-corrected chi connectivity index (χ4v) is 3.52. The van der Waals surface area contributed by atoms with Gasteiger partial charge in [0.15, 0.2) is 0 Å². The number of hydrogen-bond acceptors (Lipinski definition) is 4. The summed E-state index contributed by atoms with van der Waals surface area (Å²) in [6.07, 6.45) is 2.66. The van der Waals surface area contributed by atoms with Gasteiger partial charge in [0.2, 0.25) is 0 Å². The summed E-state index contributed by atoms with van der Waals surface area (Å²) < 4.78 is 5.52. The molecule has 0 radical (unpaired) electrons. The Labute approximate surface area is 146 Å². The minimum absolute atomic E-state index is 0.209. The van der Waals surface area contributed by atoms with Gasteiger partial charge in [0.05, 0.1) is 11.4 Å². The molecule has 4 heteroatoms. The van der Waals surface area contributed by atoms with E-state index in [1.807, 2.05) is 0 Å². The molecule has 24 heavy (non-hydrogen) atoms. The maximum Gasteiger partial charge on any atom is 0.130 e. The highest BCUT2D eigenvalue weighted by atomic mass is 16.5. The van der Waals surface area contributed by atoms with Crippen molar-refractivity contribution in [3.05, 3.63) is 23.8 Å². The van der Waals surface area contributed by atoms with Crippen LogP contribution in [-0.2, 0) is 9.53 Å². The van der Waals surface area contributed by atoms with Crippen molar-refractivity contribution < 1.29 is 9.53 Å². The van der Waals surface area contributed by atoms with Crippen molar-refractivity contribution in [2.24, 2.45) is 5.92 Å². The number of ether oxygens (including phenoxy) is 1. The smallest absolute Gasteiger partial charge is 0.130 e. The average molecular weight is 332 g/mol. The number of rotatable bonds is 7. The minimum atomic E-state index is 0.209. The van der Waals surface area contributed by atoms with E-state index in [1.165, 1.54) is 0 Å². The van der Waals surface area contributed by atoms with E-state index in [9.17, 15) is 4.79 Å². The van der Waals surface area contributed by atoms with Crippen molar-refractivity contribution in [3.63, 3.8) is 0 Å². The molecule has 2 N–H and O–H groups in total. The molecule has 1 aliphatic heterocycles. The van der Waals surface area contributed by atoms with E-state index >= 15 is 0 Å². The van der Waals surface area contributed by atoms with Gasteiger partial charge in [0, 0.05) is 32.2 Å². The van der Waals surface area contributed by atoms with Crippen LogP contribution in [-0.4, -0.2) is 31.6 Å². The molecule has 1 fully saturated rings. The average Bonchev–Trinajstić information content (AvgIpc) is 2.53. The van der Waals surface area contributed by atoms with Crippen LogP contribution in [0, 0.1) is 5.92 Å². The highest BCUT2D eigenvalue weighted by molar-refractivity contribution is 5.77. The number of carbonyl (C=O) groups excluding carboxylic acids is 1. The molecule has 0 spiro atoms. The molecule has 1 unspecified atom stereocenters. The van der Waals surface area contributed by atoms with Crippen LogP contribution in [0.25, 0.3) is 0 Å². The largest absolute Gasteiger partial charge is 0.397 e. The van der Waals surface area contributed by atoms with E-state index in [-0.39, 0.29) is 11.7 Å². The Balaban J connectivity index is 2.24. The van der Waals surface area contributed by atoms with Crippen molar-refractivity contribution in [1.29, 1.82) is 0 Å². The third-order valence-corrected chi connectivity index (χ3v) is 4.72. The van der Waals surface area contributed by atoms with Crippen LogP contribution in [0.3, 0.4) is 0 Å². The Morgan fingerprint density at radius 3 is 2.50 bits per heavy atom. The van der Waals surface area contributed by atoms with Crippen LogP contribution in [0.2, 0.25) is 0 Å². The third kappa shape index (κ3) is 4.97. The molecule has 0 bridgehead atoms. The summed E-state index contributed by atoms with van der Waals surface area (Å²) in [5, 5.41) is 0. The zero-order valence-corrected chi connectivity index (χ0v) is 15.5. The summed E-state index contributed by atoms with van der Waals surface area (Å²) in [7, 11) is 0. The molecule has 1 atom stereocenters. The first-order chi connectivity index (χ1) is 11.4. The SMILES string of the molecule is CC(=O)CC(C)c1ccc(N(CC(C)C)C2CCOCC2)c(N)c1. The Morgan fingerprint density at radius 2 is 1.96 bits per heavy atom. The number of nitrogen functional groups attached to an aromatic ring is 1. The molecule has 0 saturated carbocycles. The van der Waals surface area contributed by atoms with Crippen molar-refractivity contribution in [2.75, 3.05) is 30.4 Å². The Kier molecular flexibility index (Phi) is 6.67. The highest BCUT2D eigenvalue weighted by Gasteiger charge is 2.24. The van der Waals surface area contributed by atoms with E-state index in [1.54, 1.807) is 6.92 Å². The van der Waals surface area contributed by atoms with Gasteiger partial charge in [-0.3, -0.25) is 0 Å². The lowest BCUT2D eigenvalue weighted by Crippen LogP contribution is -2.42. The van der Waals surface area contributed by atoms with Gasteiger partial charge in [-0.25, -0.2) is 0 Å². The van der Waals surface area contributed by atoms with Gasteiger partial charge in [0.25, 0.3) is 0 Å². The molecule has 1 aliphatic rings. The summed E-state index contributed by atoms with van der Waals surface area (Å²) >= 11 is 0. The Bertz CT molecular complexity index is 551. The summed E-state index contributed by atoms with van der Waals surface area (Å²) in [4.78, 5) is 13.8. The van der Waals surface area contributed by atoms with E-state index in [2.05, 4.69) is 43.9 Å². The zero-order chi connectivity index (χ0) is 17.7. The summed E-state index contributed by atoms with van der Waals surface area (Å²) in [6.45, 7) is 10.9. The molecule has 1 heterocycles. The maximum absolute atomic E-state index is 11.4. The summed E-state index contributed by atoms with van der Waals surface area (Å²) in [6, 6.07) is 6.81. The topological polar surface area (TPSA) is 55.6 Å². The number of nitrogens with zero attached hydrogens (tertiary/aromatic N) is 1. The predicted octanol–water partition coefficient (Wildman–Crippen LogP) is 3.99. The monoisotopic (exact) mass is 332 g/mol. The fraction of sp³-hybridized carbons (Fsp3) is 0.650. The van der Waals surface area contributed by atoms with Crippen molar-refractivity contribution in [1.82, 2.24) is 0 Å². The van der Waals surface area contributed by atoms with E-state index < -0.39 is 0 Å². The molecule has 2 rings (SSSR count). The highest BCUT2D eigenvalue weighted by Crippen LogP contribution is 2.32. The summed E-state index contributed by atoms with van der Waals surface area (Å²) in [5.74, 6) is 0.998. The molecule has 134 valence electrons. The second-order valence-corrected chi connectivity index (χ2v) is 7.52. The predicted molar refractivity (Wildman–Crippen MR) is 101 cm³/mol. The first-order valence-corrected chi connectivity index (χ1v) is 9.11. The minimum Gasteiger partial charge on any atom is -0.397 e. The van der Waals surface area contributed by atoms with Gasteiger partial charge in [-0.1, -0.05) is 26.8 Å². The standard InChI is InChI=1S/C20H32N2O2/c1-14(2)13-22(18-7-9-24-10-8-18)20-6-5-17(12-19(20)21)15(3)11-16(4)23/h5-6,12,14-15,18H,7-11,13,21H2,1-4H3. The fourth-order valence-electron chi connectivity index (χ4n) is 3.52. The van der Waals surface area contributed by atoms with Crippen LogP contribution in [0.4, 0.5) is 11.4 Å². The second kappa shape index (κ2) is 8.52. The number of benzene rings is 1. The van der Waals surface area contributed by atoms with Crippen LogP contribution in [0.1, 0.15) is 58.4 Å². The number of ketones is 1. The Morgan fingerprint density at radius 1 is 1.29 bits per heavy atom. The zero-order valence-electron chi connectivity index (χ0n) is 15.5. The quantitative estimate of drug-likeness (QED) is 0.767. The van der Waals surface area contributed by atoms with Crippen molar-refractivity contribution in [3.8, 4) is 0 Å². The first kappa shape index (κ1) is 18.8. The van der Waals surface area contributed by atoms with Gasteiger partial charge >= 0.3 is 0 Å². The van der Waals surface area contributed by atoms with Gasteiger partial charge < -0.3 is 20.2 Å². The second-order valence-electron chi connectivity index (χ2n) is 7.52. The molecular formula is C20H32N2O2. The van der Waals surface area contributed by atoms with Gasteiger partial charge in [-0.2, -0.15) is 0 Å². The van der Waals surface area contributed by atoms with Crippen molar-refractivity contribution >= 4 is 17.2 Å². The van der Waals surface area contributed by atoms with E-state index in [0.29, 0.717) is 18.4 Å². The van der Waals surface area contributed by atoms with Crippen LogP contribution >= 0.6 is 0 Å². The normalized spacial score (nSPS) is 17.0. The lowest BCUT2D eigenvalue weighted by atomic mass is 9.94. The maximum atomic E-state index is 11.4. The number of hydrogen-bond donors (Lipinski definition) is 1. The molecule has 0 amide bonds. The number of anilines is 2. The molecule has 1 aromatic carbocycles. The molecular weight excluding hydrogens is 300 g/mol. The van der Waals surface area contributed by atoms with Gasteiger partial charge in [0.1, 0.15) is 5.78 Å². The molecule has 1 saturated heterocycles. The van der Waals surface area contributed by atoms with Crippen LogP contribution < -0.4 is 10.6 Å². The van der Waals surface area contributed by atoms with E-state index in [4.69, 9.17) is 10.5 Å². The number of nitrogens with two attached hydrogens (primary N) is 1. The van der Waals surface area contributed by atoms with Gasteiger partial charge in [-0.15, -0.1) is 0 Å². The first-order valence-electron chi connectivity index (χ1n) is 9.11. The van der Waals surface area contributed by atoms with Crippen LogP contribution in [0.5, 0.6) is 0 Å². The lowest BCUT2D eigenvalue weighted by molar-refractivity contribution is -0.117. The number of Topliss-reactive ketones (excluding diaryl/α,β-unsaturated/α-hetero) is 1. The summed E-state index contributed by atoms with van der Waals surface area (Å²) in [5.41, 5.74) is 9.49. The number of carbonyl (C=O) groups is 1. The molecule has 4 nitrogen and oxygen atoms in total. The van der Waals surface area contributed by atoms with E-state index in [0.717, 1.165) is 49.5 Å². The Hall–Kier alpha value is -1.55. The molecule has 0 aliphatic carbocycles. The van der Waals surface area contributed by atoms with Crippen LogP contribution in [0.15, 0.2) is 18.2 Å². The lowest BCUT2D eigenvalue weighted by Gasteiger charge is -2.38.